The van der Waals surface area contributed by atoms with Gasteiger partial charge in [-0.25, -0.2) is 0 Å². The number of aliphatic imine (C=N–C) groups is 2. The van der Waals surface area contributed by atoms with E-state index < -0.39 is 5.54 Å². The largest absolute Gasteiger partial charge is 0.337 e. The number of allylic oxidation sites excluding steroid dienone is 10. The normalized spacial score (nSPS) is 36.4. The minimum Gasteiger partial charge on any atom is -0.337 e. The van der Waals surface area contributed by atoms with Gasteiger partial charge in [0.1, 0.15) is 11.6 Å². The Labute approximate surface area is 257 Å². The van der Waals surface area contributed by atoms with E-state index >= 15 is 0 Å². The Morgan fingerprint density at radius 2 is 1.79 bits per heavy atom. The van der Waals surface area contributed by atoms with Crippen LogP contribution in [0.4, 0.5) is 0 Å². The smallest absolute Gasteiger partial charge is 0.111 e. The minimum absolute atomic E-state index is 0.0355. The van der Waals surface area contributed by atoms with E-state index in [4.69, 9.17) is 9.98 Å². The standard InChI is InChI=1S/C40H43N3/c1-26-12-11-15-33-29(26)20-21-32-36(43(33)28-18-16-27(17-19-28)39(4)22-9-6-10-23-39)35-34(37-40(32,5)42-25-24-41-37)30-13-7-8-14-31(30)38(35,2)3/h6-11,13-16,18,20-22,24-26,29,33,37H,12,17,19,23H2,1-5H3. The third-order valence-electron chi connectivity index (χ3n) is 11.6. The van der Waals surface area contributed by atoms with Gasteiger partial charge >= 0.3 is 0 Å². The molecule has 218 valence electrons. The summed E-state index contributed by atoms with van der Waals surface area (Å²) in [5.41, 5.74) is 10.7. The van der Waals surface area contributed by atoms with E-state index in [2.05, 4.69) is 125 Å². The molecule has 0 fully saturated rings. The summed E-state index contributed by atoms with van der Waals surface area (Å²) in [5.74, 6) is 1.00. The number of hydrogen-bond acceptors (Lipinski definition) is 3. The molecule has 1 aromatic carbocycles. The number of benzene rings is 1. The molecule has 2 heterocycles. The molecule has 7 aliphatic rings. The van der Waals surface area contributed by atoms with E-state index in [0.717, 1.165) is 25.7 Å². The number of nitrogens with zero attached hydrogens (tertiary/aromatic N) is 3. The second-order valence-electron chi connectivity index (χ2n) is 14.5. The zero-order valence-electron chi connectivity index (χ0n) is 26.2. The second-order valence-corrected chi connectivity index (χ2v) is 14.5. The SMILES string of the molecule is CC1CC=CC2C1C=CC1=C(C3=C(c4ccccc4C3(C)C)C3N=CC=NC13C)N2C1=CC=C(C2(C)C=CC=CC2)CC1. The molecule has 0 radical (unpaired) electrons. The van der Waals surface area contributed by atoms with Crippen molar-refractivity contribution < 1.29 is 0 Å². The van der Waals surface area contributed by atoms with Crippen molar-refractivity contribution in [3.05, 3.63) is 124 Å². The van der Waals surface area contributed by atoms with E-state index in [0.29, 0.717) is 11.8 Å². The summed E-state index contributed by atoms with van der Waals surface area (Å²) < 4.78 is 0. The number of rotatable bonds is 2. The Kier molecular flexibility index (Phi) is 5.87. The highest BCUT2D eigenvalue weighted by Gasteiger charge is 2.55. The summed E-state index contributed by atoms with van der Waals surface area (Å²) in [6.07, 6.45) is 32.1. The van der Waals surface area contributed by atoms with Crippen molar-refractivity contribution >= 4 is 18.0 Å². The van der Waals surface area contributed by atoms with Crippen LogP contribution >= 0.6 is 0 Å². The molecule has 43 heavy (non-hydrogen) atoms. The average molecular weight is 566 g/mol. The second kappa shape index (κ2) is 9.39. The fourth-order valence-corrected chi connectivity index (χ4v) is 9.13. The summed E-state index contributed by atoms with van der Waals surface area (Å²) in [6.45, 7) is 12.0. The molecular weight excluding hydrogens is 522 g/mol. The van der Waals surface area contributed by atoms with Gasteiger partial charge in [0.2, 0.25) is 0 Å². The van der Waals surface area contributed by atoms with Crippen LogP contribution in [0, 0.1) is 17.3 Å². The minimum atomic E-state index is -0.464. The van der Waals surface area contributed by atoms with Crippen LogP contribution < -0.4 is 0 Å². The molecule has 0 spiro atoms. The molecule has 0 bridgehead atoms. The highest BCUT2D eigenvalue weighted by Crippen LogP contribution is 2.60. The fourth-order valence-electron chi connectivity index (χ4n) is 9.13. The van der Waals surface area contributed by atoms with E-state index in [1.807, 2.05) is 12.4 Å². The lowest BCUT2D eigenvalue weighted by atomic mass is 9.68. The van der Waals surface area contributed by atoms with Gasteiger partial charge in [0.15, 0.2) is 0 Å². The zero-order chi connectivity index (χ0) is 29.6. The molecule has 0 saturated heterocycles. The van der Waals surface area contributed by atoms with Gasteiger partial charge < -0.3 is 4.90 Å². The van der Waals surface area contributed by atoms with Gasteiger partial charge in [-0.2, -0.15) is 0 Å². The zero-order valence-corrected chi connectivity index (χ0v) is 26.2. The third kappa shape index (κ3) is 3.73. The third-order valence-corrected chi connectivity index (χ3v) is 11.6. The van der Waals surface area contributed by atoms with Crippen LogP contribution in [0.5, 0.6) is 0 Å². The lowest BCUT2D eigenvalue weighted by Crippen LogP contribution is -2.49. The topological polar surface area (TPSA) is 28.0 Å². The van der Waals surface area contributed by atoms with Crippen LogP contribution in [-0.2, 0) is 5.41 Å². The van der Waals surface area contributed by atoms with Crippen LogP contribution in [0.3, 0.4) is 0 Å². The van der Waals surface area contributed by atoms with Gasteiger partial charge in [-0.15, -0.1) is 0 Å². The fraction of sp³-hybridized carbons (Fsp3) is 0.400. The predicted molar refractivity (Wildman–Crippen MR) is 180 cm³/mol. The van der Waals surface area contributed by atoms with Gasteiger partial charge in [0.25, 0.3) is 0 Å². The Bertz CT molecular complexity index is 1710. The first-order valence-electron chi connectivity index (χ1n) is 16.3. The van der Waals surface area contributed by atoms with Crippen molar-refractivity contribution in [2.45, 2.75) is 83.3 Å². The van der Waals surface area contributed by atoms with Gasteiger partial charge in [-0.3, -0.25) is 9.98 Å². The first-order valence-corrected chi connectivity index (χ1v) is 16.3. The van der Waals surface area contributed by atoms with E-state index in [9.17, 15) is 0 Å². The Morgan fingerprint density at radius 3 is 2.58 bits per heavy atom. The van der Waals surface area contributed by atoms with Crippen LogP contribution in [0.2, 0.25) is 0 Å². The summed E-state index contributed by atoms with van der Waals surface area (Å²) in [7, 11) is 0. The summed E-state index contributed by atoms with van der Waals surface area (Å²) in [6, 6.07) is 9.29. The molecule has 0 N–H and O–H groups in total. The quantitative estimate of drug-likeness (QED) is 0.329. The molecule has 2 aliphatic heterocycles. The van der Waals surface area contributed by atoms with E-state index in [-0.39, 0.29) is 22.9 Å². The van der Waals surface area contributed by atoms with E-state index in [1.54, 1.807) is 5.57 Å². The molecular formula is C40H43N3. The molecule has 0 aromatic heterocycles. The van der Waals surface area contributed by atoms with Crippen LogP contribution in [0.25, 0.3) is 5.57 Å². The summed E-state index contributed by atoms with van der Waals surface area (Å²) in [5, 5.41) is 0. The molecule has 6 atom stereocenters. The van der Waals surface area contributed by atoms with Crippen molar-refractivity contribution in [3.8, 4) is 0 Å². The molecule has 1 aromatic rings. The van der Waals surface area contributed by atoms with Gasteiger partial charge in [0.05, 0.1) is 11.7 Å². The van der Waals surface area contributed by atoms with E-state index in [1.165, 1.54) is 39.2 Å². The highest BCUT2D eigenvalue weighted by atomic mass is 15.2. The Morgan fingerprint density at radius 1 is 0.930 bits per heavy atom. The maximum absolute atomic E-state index is 5.28. The molecule has 0 saturated carbocycles. The lowest BCUT2D eigenvalue weighted by molar-refractivity contribution is 0.232. The van der Waals surface area contributed by atoms with Gasteiger partial charge in [0, 0.05) is 40.4 Å². The van der Waals surface area contributed by atoms with Crippen LogP contribution in [-0.4, -0.2) is 35.0 Å². The monoisotopic (exact) mass is 565 g/mol. The first kappa shape index (κ1) is 26.9. The first-order chi connectivity index (χ1) is 20.7. The Balaban J connectivity index is 1.38. The van der Waals surface area contributed by atoms with Crippen LogP contribution in [0.1, 0.15) is 71.4 Å². The summed E-state index contributed by atoms with van der Waals surface area (Å²) in [4.78, 5) is 13.3. The molecule has 3 heteroatoms. The molecule has 6 unspecified atom stereocenters. The maximum Gasteiger partial charge on any atom is 0.111 e. The molecule has 3 nitrogen and oxygen atoms in total. The van der Waals surface area contributed by atoms with Gasteiger partial charge in [-0.1, -0.05) is 112 Å². The van der Waals surface area contributed by atoms with Crippen molar-refractivity contribution in [3.63, 3.8) is 0 Å². The Hall–Kier alpha value is -3.72. The highest BCUT2D eigenvalue weighted by molar-refractivity contribution is 6.17. The van der Waals surface area contributed by atoms with Crippen molar-refractivity contribution in [2.75, 3.05) is 0 Å². The number of hydrogen-bond donors (Lipinski definition) is 0. The van der Waals surface area contributed by atoms with Crippen molar-refractivity contribution in [1.82, 2.24) is 4.90 Å². The van der Waals surface area contributed by atoms with Gasteiger partial charge in [-0.05, 0) is 66.9 Å². The lowest BCUT2D eigenvalue weighted by Gasteiger charge is -2.49. The summed E-state index contributed by atoms with van der Waals surface area (Å²) >= 11 is 0. The molecule has 8 rings (SSSR count). The molecule has 5 aliphatic carbocycles. The van der Waals surface area contributed by atoms with Crippen molar-refractivity contribution in [2.24, 2.45) is 27.2 Å². The average Bonchev–Trinajstić information content (AvgIpc) is 3.12. The molecule has 0 amide bonds. The van der Waals surface area contributed by atoms with Crippen LogP contribution in [0.15, 0.2) is 123 Å². The number of fused-ring (bicyclic) bond motifs is 7. The predicted octanol–water partition coefficient (Wildman–Crippen LogP) is 8.86. The van der Waals surface area contributed by atoms with Crippen molar-refractivity contribution in [1.29, 1.82) is 0 Å². The maximum atomic E-state index is 5.28.